The molecule has 4 aromatic rings. The number of carbonyl (C=O) groups is 2. The maximum absolute atomic E-state index is 10.9. The second-order valence-corrected chi connectivity index (χ2v) is 7.67. The van der Waals surface area contributed by atoms with Crippen LogP contribution in [0.2, 0.25) is 0 Å². The van der Waals surface area contributed by atoms with E-state index in [1.807, 2.05) is 24.3 Å². The third-order valence-corrected chi connectivity index (χ3v) is 6.47. The first kappa shape index (κ1) is 18.3. The summed E-state index contributed by atoms with van der Waals surface area (Å²) in [6.07, 6.45) is 3.41. The molecule has 0 fully saturated rings. The van der Waals surface area contributed by atoms with Crippen LogP contribution in [-0.2, 0) is 9.59 Å². The van der Waals surface area contributed by atoms with Crippen LogP contribution in [0.4, 0.5) is 0 Å². The molecule has 0 unspecified atom stereocenters. The summed E-state index contributed by atoms with van der Waals surface area (Å²) in [4.78, 5) is 32.1. The van der Waals surface area contributed by atoms with E-state index in [1.165, 1.54) is 21.6 Å². The Kier molecular flexibility index (Phi) is 5.41. The first-order valence-corrected chi connectivity index (χ1v) is 10.3. The van der Waals surface area contributed by atoms with Crippen LogP contribution < -0.4 is 9.47 Å². The van der Waals surface area contributed by atoms with Crippen LogP contribution >= 0.6 is 21.6 Å². The summed E-state index contributed by atoms with van der Waals surface area (Å²) in [5, 5.41) is 1.71. The third-order valence-electron chi connectivity index (χ3n) is 3.96. The minimum atomic E-state index is 0.398. The van der Waals surface area contributed by atoms with Gasteiger partial charge in [-0.05, 0) is 70.1 Å². The van der Waals surface area contributed by atoms with Crippen molar-refractivity contribution in [3.63, 3.8) is 0 Å². The number of carbonyl (C=O) groups excluding carboxylic acids is 2. The Morgan fingerprint density at radius 3 is 1.57 bits per heavy atom. The minimum absolute atomic E-state index is 0.398. The van der Waals surface area contributed by atoms with E-state index in [9.17, 15) is 9.59 Å². The Balaban J connectivity index is 1.79. The molecule has 28 heavy (non-hydrogen) atoms. The molecule has 2 heterocycles. The van der Waals surface area contributed by atoms with Gasteiger partial charge in [-0.1, -0.05) is 0 Å². The average molecular weight is 408 g/mol. The van der Waals surface area contributed by atoms with Crippen molar-refractivity contribution in [1.29, 1.82) is 0 Å². The standard InChI is InChI=1S/C20H12N2O4S2/c23-11-25-17-7-5-15-13(3-1-9-21-15)19(17)27-28-20-14-4-2-10-22-16(14)6-8-18(20)26-12-24/h1-12H. The van der Waals surface area contributed by atoms with Gasteiger partial charge in [0.2, 0.25) is 0 Å². The molecule has 138 valence electrons. The number of hydrogen-bond donors (Lipinski definition) is 0. The molecule has 2 aromatic carbocycles. The summed E-state index contributed by atoms with van der Waals surface area (Å²) < 4.78 is 10.3. The van der Waals surface area contributed by atoms with Crippen molar-refractivity contribution in [2.45, 2.75) is 9.79 Å². The molecule has 0 radical (unpaired) electrons. The molecule has 0 spiro atoms. The molecule has 8 heteroatoms. The first-order chi connectivity index (χ1) is 13.8. The van der Waals surface area contributed by atoms with E-state index in [0.717, 1.165) is 31.6 Å². The maximum Gasteiger partial charge on any atom is 0.298 e. The van der Waals surface area contributed by atoms with Gasteiger partial charge in [0, 0.05) is 23.2 Å². The topological polar surface area (TPSA) is 78.4 Å². The van der Waals surface area contributed by atoms with E-state index >= 15 is 0 Å². The normalized spacial score (nSPS) is 10.7. The van der Waals surface area contributed by atoms with E-state index in [1.54, 1.807) is 36.7 Å². The lowest BCUT2D eigenvalue weighted by Crippen LogP contribution is -1.93. The molecule has 0 N–H and O–H groups in total. The molecule has 0 saturated heterocycles. The van der Waals surface area contributed by atoms with E-state index in [4.69, 9.17) is 9.47 Å². The lowest BCUT2D eigenvalue weighted by Gasteiger charge is -2.12. The summed E-state index contributed by atoms with van der Waals surface area (Å²) in [5.41, 5.74) is 1.57. The van der Waals surface area contributed by atoms with Gasteiger partial charge < -0.3 is 9.47 Å². The number of aromatic nitrogens is 2. The zero-order chi connectivity index (χ0) is 19.3. The van der Waals surface area contributed by atoms with Gasteiger partial charge in [0.05, 0.1) is 20.8 Å². The first-order valence-electron chi connectivity index (χ1n) is 8.12. The molecule has 0 amide bonds. The molecule has 0 aliphatic heterocycles. The van der Waals surface area contributed by atoms with Crippen LogP contribution in [0, 0.1) is 0 Å². The van der Waals surface area contributed by atoms with Gasteiger partial charge >= 0.3 is 0 Å². The second-order valence-electron chi connectivity index (χ2n) is 5.52. The predicted molar refractivity (Wildman–Crippen MR) is 109 cm³/mol. The lowest BCUT2D eigenvalue weighted by atomic mass is 10.2. The second kappa shape index (κ2) is 8.28. The lowest BCUT2D eigenvalue weighted by molar-refractivity contribution is -0.121. The molecular weight excluding hydrogens is 396 g/mol. The van der Waals surface area contributed by atoms with Crippen molar-refractivity contribution in [3.05, 3.63) is 60.9 Å². The van der Waals surface area contributed by atoms with Crippen LogP contribution in [0.25, 0.3) is 21.8 Å². The average Bonchev–Trinajstić information content (AvgIpc) is 2.74. The fourth-order valence-corrected chi connectivity index (χ4v) is 5.37. The predicted octanol–water partition coefficient (Wildman–Crippen LogP) is 4.65. The Morgan fingerprint density at radius 2 is 1.14 bits per heavy atom. The Labute approximate surface area is 167 Å². The van der Waals surface area contributed by atoms with E-state index in [-0.39, 0.29) is 0 Å². The molecule has 0 aliphatic carbocycles. The molecular formula is C20H12N2O4S2. The Hall–Kier alpha value is -3.10. The summed E-state index contributed by atoms with van der Waals surface area (Å²) in [7, 11) is 2.79. The highest BCUT2D eigenvalue weighted by molar-refractivity contribution is 8.76. The highest BCUT2D eigenvalue weighted by atomic mass is 33.1. The monoisotopic (exact) mass is 408 g/mol. The van der Waals surface area contributed by atoms with Crippen LogP contribution in [-0.4, -0.2) is 22.9 Å². The molecule has 0 atom stereocenters. The van der Waals surface area contributed by atoms with Gasteiger partial charge in [0.15, 0.2) is 0 Å². The van der Waals surface area contributed by atoms with Gasteiger partial charge in [-0.25, -0.2) is 0 Å². The molecule has 4 rings (SSSR count). The van der Waals surface area contributed by atoms with Crippen molar-refractivity contribution in [3.8, 4) is 11.5 Å². The van der Waals surface area contributed by atoms with Crippen LogP contribution in [0.3, 0.4) is 0 Å². The van der Waals surface area contributed by atoms with Gasteiger partial charge in [-0.15, -0.1) is 0 Å². The number of nitrogens with zero attached hydrogens (tertiary/aromatic N) is 2. The number of pyridine rings is 2. The van der Waals surface area contributed by atoms with Crippen molar-refractivity contribution in [2.24, 2.45) is 0 Å². The highest BCUT2D eigenvalue weighted by Gasteiger charge is 2.16. The maximum atomic E-state index is 10.9. The number of benzene rings is 2. The van der Waals surface area contributed by atoms with Crippen molar-refractivity contribution >= 4 is 56.3 Å². The number of rotatable bonds is 7. The van der Waals surface area contributed by atoms with Crippen molar-refractivity contribution in [1.82, 2.24) is 9.97 Å². The molecule has 2 aromatic heterocycles. The molecule has 0 aliphatic rings. The fourth-order valence-electron chi connectivity index (χ4n) is 2.76. The van der Waals surface area contributed by atoms with Crippen molar-refractivity contribution in [2.75, 3.05) is 0 Å². The van der Waals surface area contributed by atoms with E-state index < -0.39 is 0 Å². The van der Waals surface area contributed by atoms with Crippen molar-refractivity contribution < 1.29 is 19.1 Å². The van der Waals surface area contributed by atoms with Crippen LogP contribution in [0.1, 0.15) is 0 Å². The largest absolute Gasteiger partial charge is 0.427 e. The molecule has 6 nitrogen and oxygen atoms in total. The number of fused-ring (bicyclic) bond motifs is 2. The summed E-state index contributed by atoms with van der Waals surface area (Å²) in [6.45, 7) is 0.796. The quantitative estimate of drug-likeness (QED) is 0.323. The molecule has 0 saturated carbocycles. The van der Waals surface area contributed by atoms with Gasteiger partial charge in [0.1, 0.15) is 11.5 Å². The molecule has 0 bridgehead atoms. The van der Waals surface area contributed by atoms with Gasteiger partial charge in [-0.2, -0.15) is 0 Å². The third kappa shape index (κ3) is 3.51. The zero-order valence-corrected chi connectivity index (χ0v) is 15.9. The van der Waals surface area contributed by atoms with E-state index in [2.05, 4.69) is 9.97 Å². The van der Waals surface area contributed by atoms with E-state index in [0.29, 0.717) is 24.4 Å². The number of hydrogen-bond acceptors (Lipinski definition) is 8. The smallest absolute Gasteiger partial charge is 0.298 e. The summed E-state index contributed by atoms with van der Waals surface area (Å²) >= 11 is 0. The highest BCUT2D eigenvalue weighted by Crippen LogP contribution is 2.49. The summed E-state index contributed by atoms with van der Waals surface area (Å²) in [6, 6.07) is 14.5. The summed E-state index contributed by atoms with van der Waals surface area (Å²) in [5.74, 6) is 0.869. The zero-order valence-electron chi connectivity index (χ0n) is 14.3. The Bertz CT molecular complexity index is 1090. The minimum Gasteiger partial charge on any atom is -0.427 e. The van der Waals surface area contributed by atoms with Crippen LogP contribution in [0.15, 0.2) is 70.7 Å². The number of ether oxygens (including phenoxy) is 2. The van der Waals surface area contributed by atoms with Gasteiger partial charge in [-0.3, -0.25) is 19.6 Å². The SMILES string of the molecule is O=COc1ccc2ncccc2c1SSc1c(OC=O)ccc2ncccc12. The Morgan fingerprint density at radius 1 is 0.679 bits per heavy atom. The van der Waals surface area contributed by atoms with Crippen LogP contribution in [0.5, 0.6) is 11.5 Å². The van der Waals surface area contributed by atoms with Gasteiger partial charge in [0.25, 0.3) is 12.9 Å². The fraction of sp³-hybridized carbons (Fsp3) is 0.